The molecule has 2 aromatic carbocycles. The van der Waals surface area contributed by atoms with Crippen molar-refractivity contribution in [2.24, 2.45) is 0 Å². The zero-order chi connectivity index (χ0) is 26.7. The van der Waals surface area contributed by atoms with Gasteiger partial charge in [-0.1, -0.05) is 29.8 Å². The fourth-order valence-corrected chi connectivity index (χ4v) is 5.16. The van der Waals surface area contributed by atoms with Crippen LogP contribution in [0.4, 0.5) is 14.5 Å². The van der Waals surface area contributed by atoms with E-state index >= 15 is 0 Å². The maximum Gasteiger partial charge on any atom is 0.153 e. The van der Waals surface area contributed by atoms with Gasteiger partial charge in [0.25, 0.3) is 0 Å². The van der Waals surface area contributed by atoms with E-state index in [-0.39, 0.29) is 12.1 Å². The van der Waals surface area contributed by atoms with Crippen LogP contribution >= 0.6 is 11.6 Å². The third-order valence-corrected chi connectivity index (χ3v) is 7.42. The van der Waals surface area contributed by atoms with Crippen molar-refractivity contribution in [3.8, 4) is 0 Å². The summed E-state index contributed by atoms with van der Waals surface area (Å²) in [6.07, 6.45) is 3.26. The molecule has 1 aliphatic heterocycles. The molecule has 2 atom stereocenters. The Labute approximate surface area is 223 Å². The fourth-order valence-electron chi connectivity index (χ4n) is 4.90. The van der Waals surface area contributed by atoms with Crippen LogP contribution in [0.5, 0.6) is 0 Å². The molecule has 0 saturated carbocycles. The Bertz CT molecular complexity index is 1360. The molecule has 0 bridgehead atoms. The minimum absolute atomic E-state index is 0.0842. The van der Waals surface area contributed by atoms with E-state index in [2.05, 4.69) is 35.4 Å². The number of halogens is 3. The second-order valence-corrected chi connectivity index (χ2v) is 9.79. The fraction of sp³-hybridized carbons (Fsp3) is 0.400. The first-order valence-electron chi connectivity index (χ1n) is 12.3. The Morgan fingerprint density at radius 3 is 2.61 bits per heavy atom. The van der Waals surface area contributed by atoms with Gasteiger partial charge in [0.1, 0.15) is 29.9 Å². The molecule has 4 aromatic rings. The lowest BCUT2D eigenvalue weighted by Gasteiger charge is -2.37. The number of tetrazole rings is 1. The molecule has 0 radical (unpaired) electrons. The summed E-state index contributed by atoms with van der Waals surface area (Å²) in [7, 11) is 0. The number of hydrogen-bond acceptors (Lipinski definition) is 8. The van der Waals surface area contributed by atoms with Crippen LogP contribution in [0, 0.1) is 11.6 Å². The van der Waals surface area contributed by atoms with Crippen LogP contribution in [0.2, 0.25) is 5.02 Å². The number of hydrogen-bond donors (Lipinski definition) is 1. The highest BCUT2D eigenvalue weighted by molar-refractivity contribution is 6.33. The maximum absolute atomic E-state index is 14.9. The lowest BCUT2D eigenvalue weighted by molar-refractivity contribution is -0.0384. The molecular formula is C25H28ClF2N9O. The van der Waals surface area contributed by atoms with Gasteiger partial charge in [0.15, 0.2) is 5.82 Å². The predicted octanol–water partition coefficient (Wildman–Crippen LogP) is 2.71. The van der Waals surface area contributed by atoms with Crippen molar-refractivity contribution in [3.63, 3.8) is 0 Å². The number of anilines is 1. The first kappa shape index (κ1) is 26.1. The zero-order valence-electron chi connectivity index (χ0n) is 20.8. The number of nitrogens with zero attached hydrogens (tertiary/aromatic N) is 9. The molecule has 0 aliphatic carbocycles. The Morgan fingerprint density at radius 1 is 1.11 bits per heavy atom. The highest BCUT2D eigenvalue weighted by Crippen LogP contribution is 2.36. The number of piperazine rings is 1. The molecule has 13 heteroatoms. The van der Waals surface area contributed by atoms with Crippen LogP contribution in [0.25, 0.3) is 0 Å². The summed E-state index contributed by atoms with van der Waals surface area (Å²) in [5.41, 5.74) is -0.902. The Hall–Kier alpha value is -3.48. The topological polar surface area (TPSA) is 101 Å². The molecule has 1 saturated heterocycles. The van der Waals surface area contributed by atoms with Gasteiger partial charge in [0.2, 0.25) is 0 Å². The predicted molar refractivity (Wildman–Crippen MR) is 137 cm³/mol. The van der Waals surface area contributed by atoms with Gasteiger partial charge in [0.05, 0.1) is 23.3 Å². The first-order valence-corrected chi connectivity index (χ1v) is 12.7. The molecule has 3 heterocycles. The third-order valence-electron chi connectivity index (χ3n) is 7.10. The average molecular weight is 544 g/mol. The molecule has 38 heavy (non-hydrogen) atoms. The van der Waals surface area contributed by atoms with E-state index in [1.165, 1.54) is 28.1 Å². The van der Waals surface area contributed by atoms with Crippen molar-refractivity contribution in [1.82, 2.24) is 39.9 Å². The first-order chi connectivity index (χ1) is 18.3. The summed E-state index contributed by atoms with van der Waals surface area (Å²) >= 11 is 6.36. The minimum Gasteiger partial charge on any atom is -0.381 e. The van der Waals surface area contributed by atoms with E-state index in [0.29, 0.717) is 18.8 Å². The lowest BCUT2D eigenvalue weighted by atomic mass is 9.86. The van der Waals surface area contributed by atoms with Crippen molar-refractivity contribution in [3.05, 3.63) is 83.2 Å². The van der Waals surface area contributed by atoms with E-state index in [4.69, 9.17) is 11.6 Å². The van der Waals surface area contributed by atoms with Crippen molar-refractivity contribution in [1.29, 1.82) is 0 Å². The second-order valence-electron chi connectivity index (χ2n) is 9.39. The molecule has 1 aliphatic rings. The molecule has 5 rings (SSSR count). The number of aliphatic hydroxyl groups is 1. The smallest absolute Gasteiger partial charge is 0.153 e. The number of para-hydroxylation sites is 1. The zero-order valence-corrected chi connectivity index (χ0v) is 21.6. The number of aromatic nitrogens is 7. The highest BCUT2D eigenvalue weighted by Gasteiger charge is 2.42. The van der Waals surface area contributed by atoms with Gasteiger partial charge in [0, 0.05) is 50.8 Å². The SMILES string of the molecule is CC(n1nnnc1CCN1CCN(c2ccccc2Cl)CC1)C(O)(Cn1cncn1)c1ccc(F)cc1F. The normalized spacial score (nSPS) is 16.9. The molecule has 10 nitrogen and oxygen atoms in total. The maximum atomic E-state index is 14.9. The van der Waals surface area contributed by atoms with Gasteiger partial charge in [-0.3, -0.25) is 4.90 Å². The van der Waals surface area contributed by atoms with Gasteiger partial charge < -0.3 is 10.0 Å². The molecule has 200 valence electrons. The number of rotatable bonds is 9. The molecule has 0 spiro atoms. The molecule has 2 unspecified atom stereocenters. The summed E-state index contributed by atoms with van der Waals surface area (Å²) in [4.78, 5) is 8.50. The molecule has 0 amide bonds. The van der Waals surface area contributed by atoms with Gasteiger partial charge in [-0.05, 0) is 35.5 Å². The van der Waals surface area contributed by atoms with Crippen molar-refractivity contribution < 1.29 is 13.9 Å². The van der Waals surface area contributed by atoms with Crippen LogP contribution < -0.4 is 4.90 Å². The highest BCUT2D eigenvalue weighted by atomic mass is 35.5. The van der Waals surface area contributed by atoms with Crippen LogP contribution in [0.1, 0.15) is 24.4 Å². The van der Waals surface area contributed by atoms with Crippen molar-refractivity contribution in [2.45, 2.75) is 31.5 Å². The molecular weight excluding hydrogens is 516 g/mol. The summed E-state index contributed by atoms with van der Waals surface area (Å²) in [5, 5.41) is 28.8. The van der Waals surface area contributed by atoms with Gasteiger partial charge in [-0.15, -0.1) is 5.10 Å². The van der Waals surface area contributed by atoms with Crippen LogP contribution in [-0.4, -0.2) is 77.7 Å². The summed E-state index contributed by atoms with van der Waals surface area (Å²) in [6.45, 7) is 5.63. The molecule has 1 fully saturated rings. The average Bonchev–Trinajstić information content (AvgIpc) is 3.60. The molecule has 2 aromatic heterocycles. The quantitative estimate of drug-likeness (QED) is 0.344. The standard InChI is InChI=1S/C25H28ClF2N9O/c1-18(25(38,15-36-17-29-16-30-36)20-7-6-19(27)14-22(20)28)37-24(31-32-33-37)8-9-34-10-12-35(13-11-34)23-5-3-2-4-21(23)26/h2-7,14,16-18,38H,8-13,15H2,1H3. The summed E-state index contributed by atoms with van der Waals surface area (Å²) < 4.78 is 31.5. The van der Waals surface area contributed by atoms with Crippen LogP contribution in [0.3, 0.4) is 0 Å². The van der Waals surface area contributed by atoms with Gasteiger partial charge in [-0.25, -0.2) is 23.1 Å². The molecule has 1 N–H and O–H groups in total. The Balaban J connectivity index is 1.30. The van der Waals surface area contributed by atoms with Crippen molar-refractivity contribution in [2.75, 3.05) is 37.6 Å². The Morgan fingerprint density at radius 2 is 1.89 bits per heavy atom. The third kappa shape index (κ3) is 5.38. The monoisotopic (exact) mass is 543 g/mol. The van der Waals surface area contributed by atoms with E-state index in [9.17, 15) is 13.9 Å². The van der Waals surface area contributed by atoms with E-state index < -0.39 is 23.3 Å². The largest absolute Gasteiger partial charge is 0.381 e. The second kappa shape index (κ2) is 11.1. The van der Waals surface area contributed by atoms with E-state index in [1.54, 1.807) is 6.92 Å². The Kier molecular flexibility index (Phi) is 7.63. The lowest BCUT2D eigenvalue weighted by Crippen LogP contribution is -2.47. The van der Waals surface area contributed by atoms with Crippen LogP contribution in [0.15, 0.2) is 55.1 Å². The minimum atomic E-state index is -1.85. The summed E-state index contributed by atoms with van der Waals surface area (Å²) in [5.74, 6) is -1.06. The van der Waals surface area contributed by atoms with E-state index in [0.717, 1.165) is 49.0 Å². The van der Waals surface area contributed by atoms with E-state index in [1.807, 2.05) is 24.3 Å². The number of benzene rings is 2. The summed E-state index contributed by atoms with van der Waals surface area (Å²) in [6, 6.07) is 10.1. The van der Waals surface area contributed by atoms with Crippen LogP contribution in [-0.2, 0) is 18.6 Å². The van der Waals surface area contributed by atoms with Gasteiger partial charge in [-0.2, -0.15) is 5.10 Å². The van der Waals surface area contributed by atoms with Gasteiger partial charge >= 0.3 is 0 Å². The van der Waals surface area contributed by atoms with Crippen molar-refractivity contribution >= 4 is 17.3 Å².